The van der Waals surface area contributed by atoms with Crippen molar-refractivity contribution in [2.45, 2.75) is 39.2 Å². The smallest absolute Gasteiger partial charge is 0.0800 e. The molecule has 0 fully saturated rings. The van der Waals surface area contributed by atoms with Crippen LogP contribution < -0.4 is 0 Å². The molecule has 1 unspecified atom stereocenters. The summed E-state index contributed by atoms with van der Waals surface area (Å²) in [4.78, 5) is 0. The van der Waals surface area contributed by atoms with Gasteiger partial charge in [0, 0.05) is 0 Å². The molecule has 77 valence electrons. The predicted molar refractivity (Wildman–Crippen MR) is 52.8 cm³/mol. The van der Waals surface area contributed by atoms with Gasteiger partial charge in [0.2, 0.25) is 0 Å². The molecule has 0 amide bonds. The molecule has 0 aliphatic carbocycles. The molecule has 0 rings (SSSR count). The molecule has 0 aromatic rings. The van der Waals surface area contributed by atoms with Crippen LogP contribution in [0.25, 0.3) is 0 Å². The highest BCUT2D eigenvalue weighted by molar-refractivity contribution is 4.97. The van der Waals surface area contributed by atoms with E-state index in [9.17, 15) is 5.11 Å². The van der Waals surface area contributed by atoms with E-state index in [4.69, 9.17) is 10.5 Å². The minimum absolute atomic E-state index is 0.702. The Kier molecular flexibility index (Phi) is 9.12. The molecule has 0 aromatic heterocycles. The first-order chi connectivity index (χ1) is 5.98. The van der Waals surface area contributed by atoms with Crippen LogP contribution in [-0.2, 0) is 5.26 Å². The zero-order valence-corrected chi connectivity index (χ0v) is 8.58. The Hall–Kier alpha value is -0.640. The molecule has 3 nitrogen and oxygen atoms in total. The van der Waals surface area contributed by atoms with E-state index in [1.165, 1.54) is 5.57 Å². The summed E-state index contributed by atoms with van der Waals surface area (Å²) in [6.45, 7) is 9.45. The molecule has 1 radical (unpaired) electrons. The van der Waals surface area contributed by atoms with E-state index < -0.39 is 5.60 Å². The fourth-order valence-corrected chi connectivity index (χ4v) is 0.755. The van der Waals surface area contributed by atoms with Crippen molar-refractivity contribution < 1.29 is 15.6 Å². The molecular weight excluding hydrogens is 168 g/mol. The Balaban J connectivity index is 0. The second kappa shape index (κ2) is 7.98. The Labute approximate surface area is 80.0 Å². The number of rotatable bonds is 4. The van der Waals surface area contributed by atoms with Crippen LogP contribution in [0.5, 0.6) is 0 Å². The third-order valence-electron chi connectivity index (χ3n) is 1.64. The van der Waals surface area contributed by atoms with Crippen molar-refractivity contribution in [3.63, 3.8) is 0 Å². The summed E-state index contributed by atoms with van der Waals surface area (Å²) in [6.07, 6.45) is 5.38. The van der Waals surface area contributed by atoms with Crippen molar-refractivity contribution >= 4 is 0 Å². The van der Waals surface area contributed by atoms with Crippen molar-refractivity contribution in [2.75, 3.05) is 0 Å². The maximum absolute atomic E-state index is 9.49. The Morgan fingerprint density at radius 1 is 1.46 bits per heavy atom. The number of hydrogen-bond acceptors (Lipinski definition) is 2. The minimum Gasteiger partial charge on any atom is -0.386 e. The highest BCUT2D eigenvalue weighted by atomic mass is 17.0. The number of aliphatic hydroxyl groups is 1. The van der Waals surface area contributed by atoms with Gasteiger partial charge in [-0.2, -0.15) is 0 Å². The summed E-state index contributed by atoms with van der Waals surface area (Å²) in [5.41, 5.74) is 0.594. The molecule has 1 atom stereocenters. The van der Waals surface area contributed by atoms with Crippen LogP contribution in [0.4, 0.5) is 0 Å². The van der Waals surface area contributed by atoms with Gasteiger partial charge in [0.15, 0.2) is 0 Å². The molecule has 0 aliphatic rings. The van der Waals surface area contributed by atoms with E-state index >= 15 is 0 Å². The fraction of sp³-hybridized carbons (Fsp3) is 0.600. The van der Waals surface area contributed by atoms with Crippen LogP contribution in [-0.4, -0.2) is 16.0 Å². The number of allylic oxidation sites excluding steroid dienone is 2. The standard InChI is InChI=1S/C10H18O.HO2/c1-5-10(4,11)8-6-7-9(2)3;1-2/h5,7,11H,1,6,8H2,2-4H3;1H. The average Bonchev–Trinajstić information content (AvgIpc) is 2.07. The van der Waals surface area contributed by atoms with E-state index in [1.54, 1.807) is 13.0 Å². The quantitative estimate of drug-likeness (QED) is 0.403. The minimum atomic E-state index is -0.702. The van der Waals surface area contributed by atoms with Gasteiger partial charge in [0.05, 0.1) is 5.60 Å². The maximum Gasteiger partial charge on any atom is 0.0800 e. The SMILES string of the molecule is C=CC(C)(O)CCC=C(C)C.[O]O. The second-order valence-electron chi connectivity index (χ2n) is 3.38. The van der Waals surface area contributed by atoms with E-state index in [0.717, 1.165) is 12.8 Å². The third kappa shape index (κ3) is 11.4. The van der Waals surface area contributed by atoms with Gasteiger partial charge >= 0.3 is 0 Å². The molecule has 0 heterocycles. The summed E-state index contributed by atoms with van der Waals surface area (Å²) < 4.78 is 0. The summed E-state index contributed by atoms with van der Waals surface area (Å²) in [5, 5.41) is 22.5. The molecule has 3 heteroatoms. The van der Waals surface area contributed by atoms with E-state index in [-0.39, 0.29) is 0 Å². The van der Waals surface area contributed by atoms with Gasteiger partial charge in [0.1, 0.15) is 0 Å². The fourth-order valence-electron chi connectivity index (χ4n) is 0.755. The molecule has 0 saturated heterocycles. The second-order valence-corrected chi connectivity index (χ2v) is 3.38. The van der Waals surface area contributed by atoms with Crippen LogP contribution in [0, 0.1) is 0 Å². The molecule has 0 aromatic carbocycles. The predicted octanol–water partition coefficient (Wildman–Crippen LogP) is 2.56. The van der Waals surface area contributed by atoms with Crippen LogP contribution in [0.3, 0.4) is 0 Å². The van der Waals surface area contributed by atoms with Gasteiger partial charge in [-0.05, 0) is 38.9 Å². The summed E-state index contributed by atoms with van der Waals surface area (Å²) in [7, 11) is 0. The average molecular weight is 187 g/mol. The topological polar surface area (TPSA) is 60.4 Å². The van der Waals surface area contributed by atoms with Gasteiger partial charge in [-0.3, -0.25) is 0 Å². The Morgan fingerprint density at radius 3 is 2.23 bits per heavy atom. The van der Waals surface area contributed by atoms with Gasteiger partial charge in [-0.1, -0.05) is 17.7 Å². The lowest BCUT2D eigenvalue weighted by Crippen LogP contribution is -2.19. The van der Waals surface area contributed by atoms with Gasteiger partial charge < -0.3 is 5.11 Å². The highest BCUT2D eigenvalue weighted by Gasteiger charge is 2.12. The van der Waals surface area contributed by atoms with Gasteiger partial charge in [-0.25, -0.2) is 5.26 Å². The van der Waals surface area contributed by atoms with Crippen LogP contribution in [0.2, 0.25) is 0 Å². The lowest BCUT2D eigenvalue weighted by molar-refractivity contribution is -0.247. The molecule has 0 aliphatic heterocycles. The zero-order chi connectivity index (χ0) is 10.9. The molecule has 13 heavy (non-hydrogen) atoms. The monoisotopic (exact) mass is 187 g/mol. The third-order valence-corrected chi connectivity index (χ3v) is 1.64. The van der Waals surface area contributed by atoms with E-state index in [1.807, 2.05) is 0 Å². The van der Waals surface area contributed by atoms with Gasteiger partial charge in [-0.15, -0.1) is 6.58 Å². The maximum atomic E-state index is 9.49. The first kappa shape index (κ1) is 14.9. The van der Waals surface area contributed by atoms with Crippen LogP contribution in [0.1, 0.15) is 33.6 Å². The van der Waals surface area contributed by atoms with Crippen LogP contribution >= 0.6 is 0 Å². The van der Waals surface area contributed by atoms with Crippen LogP contribution in [0.15, 0.2) is 24.3 Å². The van der Waals surface area contributed by atoms with Crippen molar-refractivity contribution in [3.8, 4) is 0 Å². The lowest BCUT2D eigenvalue weighted by atomic mass is 10.00. The largest absolute Gasteiger partial charge is 0.386 e. The summed E-state index contributed by atoms with van der Waals surface area (Å²) in [5.74, 6) is 0. The molecule has 0 spiro atoms. The first-order valence-corrected chi connectivity index (χ1v) is 4.15. The summed E-state index contributed by atoms with van der Waals surface area (Å²) >= 11 is 0. The Morgan fingerprint density at radius 2 is 1.92 bits per heavy atom. The van der Waals surface area contributed by atoms with Crippen molar-refractivity contribution in [2.24, 2.45) is 0 Å². The zero-order valence-electron chi connectivity index (χ0n) is 8.58. The van der Waals surface area contributed by atoms with E-state index in [2.05, 4.69) is 26.5 Å². The van der Waals surface area contributed by atoms with E-state index in [0.29, 0.717) is 0 Å². The van der Waals surface area contributed by atoms with Crippen molar-refractivity contribution in [1.29, 1.82) is 0 Å². The molecule has 0 saturated carbocycles. The van der Waals surface area contributed by atoms with Crippen molar-refractivity contribution in [1.82, 2.24) is 0 Å². The molecule has 2 N–H and O–H groups in total. The normalized spacial score (nSPS) is 13.4. The highest BCUT2D eigenvalue weighted by Crippen LogP contribution is 2.13. The Bertz CT molecular complexity index is 156. The first-order valence-electron chi connectivity index (χ1n) is 4.15. The molecule has 0 bridgehead atoms. The lowest BCUT2D eigenvalue weighted by Gasteiger charge is -2.16. The van der Waals surface area contributed by atoms with Gasteiger partial charge in [0.25, 0.3) is 0 Å². The summed E-state index contributed by atoms with van der Waals surface area (Å²) in [6, 6.07) is 0. The molecular formula is C10H19O3. The van der Waals surface area contributed by atoms with Crippen molar-refractivity contribution in [3.05, 3.63) is 24.3 Å². The number of hydrogen-bond donors (Lipinski definition) is 2.